The summed E-state index contributed by atoms with van der Waals surface area (Å²) in [5, 5.41) is 11.5. The summed E-state index contributed by atoms with van der Waals surface area (Å²) >= 11 is 1.74. The van der Waals surface area contributed by atoms with Crippen LogP contribution in [-0.4, -0.2) is 22.3 Å². The maximum Gasteiger partial charge on any atom is 0.124 e. The third kappa shape index (κ3) is 3.61. The minimum Gasteiger partial charge on any atom is -0.488 e. The standard InChI is InChI=1S/C18H25NO2S/c1-12(2)18-19-14-10-9-13(11-17(14)22-18)21-16-8-6-4-3-5-7-15(16)20/h9-12,15-16,20H,3-8H2,1-2H3/t15-,16+/m0/s1. The van der Waals surface area contributed by atoms with E-state index in [2.05, 4.69) is 24.9 Å². The van der Waals surface area contributed by atoms with Gasteiger partial charge in [0.25, 0.3) is 0 Å². The number of aliphatic hydroxyl groups is 1. The first kappa shape index (κ1) is 15.8. The van der Waals surface area contributed by atoms with Crippen molar-refractivity contribution in [3.63, 3.8) is 0 Å². The average Bonchev–Trinajstić information content (AvgIpc) is 2.90. The van der Waals surface area contributed by atoms with Crippen LogP contribution in [0.15, 0.2) is 18.2 Å². The van der Waals surface area contributed by atoms with Gasteiger partial charge in [-0.15, -0.1) is 11.3 Å². The fourth-order valence-corrected chi connectivity index (χ4v) is 3.98. The van der Waals surface area contributed by atoms with Gasteiger partial charge in [-0.05, 0) is 37.5 Å². The summed E-state index contributed by atoms with van der Waals surface area (Å²) in [6, 6.07) is 6.09. The van der Waals surface area contributed by atoms with Gasteiger partial charge in [-0.1, -0.05) is 33.1 Å². The molecule has 1 saturated carbocycles. The Labute approximate surface area is 136 Å². The van der Waals surface area contributed by atoms with E-state index in [9.17, 15) is 5.11 Å². The zero-order valence-electron chi connectivity index (χ0n) is 13.4. The van der Waals surface area contributed by atoms with Crippen LogP contribution in [0.5, 0.6) is 5.75 Å². The first-order valence-corrected chi connectivity index (χ1v) is 9.20. The molecule has 1 N–H and O–H groups in total. The number of benzene rings is 1. The molecular formula is C18H25NO2S. The number of hydrogen-bond acceptors (Lipinski definition) is 4. The quantitative estimate of drug-likeness (QED) is 0.876. The first-order valence-electron chi connectivity index (χ1n) is 8.38. The topological polar surface area (TPSA) is 42.4 Å². The average molecular weight is 319 g/mol. The summed E-state index contributed by atoms with van der Waals surface area (Å²) in [7, 11) is 0. The van der Waals surface area contributed by atoms with E-state index >= 15 is 0 Å². The van der Waals surface area contributed by atoms with Crippen molar-refractivity contribution in [2.75, 3.05) is 0 Å². The SMILES string of the molecule is CC(C)c1nc2ccc(O[C@@H]3CCCCCC[C@@H]3O)cc2s1. The van der Waals surface area contributed by atoms with Crippen molar-refractivity contribution in [2.45, 2.75) is 70.5 Å². The Bertz CT molecular complexity index is 623. The van der Waals surface area contributed by atoms with Crippen molar-refractivity contribution < 1.29 is 9.84 Å². The zero-order valence-corrected chi connectivity index (χ0v) is 14.2. The lowest BCUT2D eigenvalue weighted by Crippen LogP contribution is -2.32. The van der Waals surface area contributed by atoms with Gasteiger partial charge >= 0.3 is 0 Å². The summed E-state index contributed by atoms with van der Waals surface area (Å²) in [6.07, 6.45) is 6.10. The van der Waals surface area contributed by atoms with E-state index in [-0.39, 0.29) is 12.2 Å². The third-order valence-corrected chi connectivity index (χ3v) is 5.64. The molecule has 1 aliphatic carbocycles. The van der Waals surface area contributed by atoms with Crippen molar-refractivity contribution in [3.05, 3.63) is 23.2 Å². The number of nitrogens with zero attached hydrogens (tertiary/aromatic N) is 1. The lowest BCUT2D eigenvalue weighted by molar-refractivity contribution is 0.0188. The number of hydrogen-bond donors (Lipinski definition) is 1. The predicted molar refractivity (Wildman–Crippen MR) is 91.8 cm³/mol. The molecule has 0 bridgehead atoms. The van der Waals surface area contributed by atoms with Crippen molar-refractivity contribution >= 4 is 21.6 Å². The van der Waals surface area contributed by atoms with Crippen LogP contribution in [0.3, 0.4) is 0 Å². The summed E-state index contributed by atoms with van der Waals surface area (Å²) in [5.74, 6) is 1.31. The van der Waals surface area contributed by atoms with Crippen molar-refractivity contribution in [3.8, 4) is 5.75 Å². The molecule has 2 atom stereocenters. The third-order valence-electron chi connectivity index (χ3n) is 4.33. The van der Waals surface area contributed by atoms with Gasteiger partial charge in [-0.2, -0.15) is 0 Å². The van der Waals surface area contributed by atoms with E-state index in [1.54, 1.807) is 11.3 Å². The Morgan fingerprint density at radius 1 is 1.18 bits per heavy atom. The normalized spacial score (nSPS) is 23.5. The van der Waals surface area contributed by atoms with Crippen LogP contribution in [0, 0.1) is 0 Å². The molecule has 22 heavy (non-hydrogen) atoms. The molecule has 0 unspecified atom stereocenters. The number of thiazole rings is 1. The second kappa shape index (κ2) is 6.97. The molecule has 0 radical (unpaired) electrons. The summed E-state index contributed by atoms with van der Waals surface area (Å²) < 4.78 is 7.28. The molecule has 1 heterocycles. The van der Waals surface area contributed by atoms with Gasteiger partial charge < -0.3 is 9.84 Å². The summed E-state index contributed by atoms with van der Waals surface area (Å²) in [4.78, 5) is 4.66. The van der Waals surface area contributed by atoms with Crippen LogP contribution in [0.25, 0.3) is 10.2 Å². The number of ether oxygens (including phenoxy) is 1. The highest BCUT2D eigenvalue weighted by atomic mass is 32.1. The monoisotopic (exact) mass is 319 g/mol. The zero-order chi connectivity index (χ0) is 15.5. The highest BCUT2D eigenvalue weighted by Gasteiger charge is 2.22. The maximum atomic E-state index is 10.3. The Morgan fingerprint density at radius 2 is 1.95 bits per heavy atom. The van der Waals surface area contributed by atoms with Gasteiger partial charge in [0.05, 0.1) is 21.3 Å². The molecule has 0 aliphatic heterocycles. The van der Waals surface area contributed by atoms with E-state index in [4.69, 9.17) is 4.74 Å². The van der Waals surface area contributed by atoms with Gasteiger partial charge in [-0.3, -0.25) is 0 Å². The van der Waals surface area contributed by atoms with Crippen LogP contribution in [0.1, 0.15) is 63.3 Å². The lowest BCUT2D eigenvalue weighted by Gasteiger charge is -2.26. The van der Waals surface area contributed by atoms with E-state index in [1.165, 1.54) is 17.5 Å². The van der Waals surface area contributed by atoms with E-state index in [0.29, 0.717) is 5.92 Å². The molecule has 0 saturated heterocycles. The Kier molecular flexibility index (Phi) is 4.99. The van der Waals surface area contributed by atoms with Crippen LogP contribution in [0.2, 0.25) is 0 Å². The number of aromatic nitrogens is 1. The van der Waals surface area contributed by atoms with Crippen molar-refractivity contribution in [2.24, 2.45) is 0 Å². The smallest absolute Gasteiger partial charge is 0.124 e. The molecule has 1 aromatic carbocycles. The highest BCUT2D eigenvalue weighted by Crippen LogP contribution is 2.31. The molecule has 1 aromatic heterocycles. The van der Waals surface area contributed by atoms with E-state index in [0.717, 1.165) is 42.0 Å². The minimum absolute atomic E-state index is 0.0739. The van der Waals surface area contributed by atoms with E-state index < -0.39 is 0 Å². The molecule has 0 spiro atoms. The lowest BCUT2D eigenvalue weighted by atomic mass is 9.96. The second-order valence-corrected chi connectivity index (χ2v) is 7.61. The number of fused-ring (bicyclic) bond motifs is 1. The molecule has 0 amide bonds. The number of rotatable bonds is 3. The van der Waals surface area contributed by atoms with Gasteiger partial charge in [0.15, 0.2) is 0 Å². The largest absolute Gasteiger partial charge is 0.488 e. The predicted octanol–water partition coefficient (Wildman–Crippen LogP) is 4.88. The van der Waals surface area contributed by atoms with Gasteiger partial charge in [0.2, 0.25) is 0 Å². The van der Waals surface area contributed by atoms with Crippen LogP contribution in [-0.2, 0) is 0 Å². The molecular weight excluding hydrogens is 294 g/mol. The first-order chi connectivity index (χ1) is 10.6. The Morgan fingerprint density at radius 3 is 2.73 bits per heavy atom. The Hall–Kier alpha value is -1.13. The molecule has 1 fully saturated rings. The summed E-state index contributed by atoms with van der Waals surface area (Å²) in [5.41, 5.74) is 1.04. The molecule has 3 rings (SSSR count). The molecule has 120 valence electrons. The molecule has 1 aliphatic rings. The molecule has 2 aromatic rings. The highest BCUT2D eigenvalue weighted by molar-refractivity contribution is 7.18. The maximum absolute atomic E-state index is 10.3. The van der Waals surface area contributed by atoms with E-state index in [1.807, 2.05) is 12.1 Å². The van der Waals surface area contributed by atoms with Crippen molar-refractivity contribution in [1.82, 2.24) is 4.98 Å². The second-order valence-electron chi connectivity index (χ2n) is 6.55. The fraction of sp³-hybridized carbons (Fsp3) is 0.611. The fourth-order valence-electron chi connectivity index (χ4n) is 2.99. The van der Waals surface area contributed by atoms with Gasteiger partial charge in [0.1, 0.15) is 11.9 Å². The minimum atomic E-state index is -0.344. The van der Waals surface area contributed by atoms with Crippen LogP contribution >= 0.6 is 11.3 Å². The van der Waals surface area contributed by atoms with Gasteiger partial charge in [0, 0.05) is 5.92 Å². The van der Waals surface area contributed by atoms with Crippen LogP contribution < -0.4 is 4.74 Å². The Balaban J connectivity index is 1.77. The van der Waals surface area contributed by atoms with Crippen molar-refractivity contribution in [1.29, 1.82) is 0 Å². The summed E-state index contributed by atoms with van der Waals surface area (Å²) in [6.45, 7) is 4.33. The number of aliphatic hydroxyl groups excluding tert-OH is 1. The van der Waals surface area contributed by atoms with Gasteiger partial charge in [-0.25, -0.2) is 4.98 Å². The van der Waals surface area contributed by atoms with Crippen LogP contribution in [0.4, 0.5) is 0 Å². The molecule has 4 heteroatoms. The molecule has 3 nitrogen and oxygen atoms in total.